The fourth-order valence-corrected chi connectivity index (χ4v) is 2.29. The summed E-state index contributed by atoms with van der Waals surface area (Å²) in [6, 6.07) is 9.36. The normalized spacial score (nSPS) is 12.0. The van der Waals surface area contributed by atoms with E-state index in [0.717, 1.165) is 5.56 Å². The Bertz CT molecular complexity index is 611. The van der Waals surface area contributed by atoms with Crippen molar-refractivity contribution in [2.75, 3.05) is 14.2 Å². The van der Waals surface area contributed by atoms with Gasteiger partial charge in [0.1, 0.15) is 17.3 Å². The largest absolute Gasteiger partial charge is 0.497 e. The molecule has 1 atom stereocenters. The molecule has 0 aromatic heterocycles. The van der Waals surface area contributed by atoms with Gasteiger partial charge in [-0.1, -0.05) is 11.6 Å². The van der Waals surface area contributed by atoms with E-state index in [1.54, 1.807) is 20.3 Å². The van der Waals surface area contributed by atoms with Crippen LogP contribution in [0.4, 0.5) is 4.39 Å². The molecular weight excluding hydrogens is 293 g/mol. The number of rotatable bonds is 5. The van der Waals surface area contributed by atoms with Crippen molar-refractivity contribution in [3.05, 3.63) is 58.4 Å². The average Bonchev–Trinajstić information content (AvgIpc) is 2.50. The lowest BCUT2D eigenvalue weighted by Crippen LogP contribution is -2.14. The summed E-state index contributed by atoms with van der Waals surface area (Å²) in [6.45, 7) is 0. The highest BCUT2D eigenvalue weighted by Crippen LogP contribution is 2.28. The van der Waals surface area contributed by atoms with Crippen molar-refractivity contribution in [3.63, 3.8) is 0 Å². The molecule has 2 aromatic carbocycles. The van der Waals surface area contributed by atoms with Crippen molar-refractivity contribution >= 4 is 11.6 Å². The minimum absolute atomic E-state index is 0.329. The minimum atomic E-state index is -0.340. The fraction of sp³-hybridized carbons (Fsp3) is 0.250. The zero-order valence-corrected chi connectivity index (χ0v) is 12.7. The maximum atomic E-state index is 13.3. The van der Waals surface area contributed by atoms with Crippen LogP contribution in [-0.2, 0) is 6.42 Å². The molecule has 3 nitrogen and oxygen atoms in total. The van der Waals surface area contributed by atoms with E-state index in [4.69, 9.17) is 26.8 Å². The zero-order chi connectivity index (χ0) is 15.4. The second kappa shape index (κ2) is 6.78. The number of methoxy groups -OCH3 is 2. The lowest BCUT2D eigenvalue weighted by Gasteiger charge is -2.15. The molecule has 0 heterocycles. The van der Waals surface area contributed by atoms with Gasteiger partial charge in [0.25, 0.3) is 0 Å². The van der Waals surface area contributed by atoms with E-state index in [9.17, 15) is 4.39 Å². The molecule has 2 N–H and O–H groups in total. The number of nitrogens with two attached hydrogens (primary N) is 1. The molecule has 0 saturated heterocycles. The van der Waals surface area contributed by atoms with Gasteiger partial charge >= 0.3 is 0 Å². The lowest BCUT2D eigenvalue weighted by atomic mass is 9.99. The summed E-state index contributed by atoms with van der Waals surface area (Å²) >= 11 is 6.07. The number of ether oxygens (including phenoxy) is 2. The van der Waals surface area contributed by atoms with Crippen LogP contribution in [0.1, 0.15) is 17.2 Å². The summed E-state index contributed by atoms with van der Waals surface area (Å²) in [5, 5.41) is 0.502. The number of benzene rings is 2. The van der Waals surface area contributed by atoms with E-state index in [1.807, 2.05) is 12.1 Å². The van der Waals surface area contributed by atoms with E-state index in [-0.39, 0.29) is 11.9 Å². The van der Waals surface area contributed by atoms with Gasteiger partial charge in [-0.2, -0.15) is 0 Å². The molecule has 1 unspecified atom stereocenters. The second-order valence-corrected chi connectivity index (χ2v) is 5.10. The summed E-state index contributed by atoms with van der Waals surface area (Å²) in [5.74, 6) is 0.986. The quantitative estimate of drug-likeness (QED) is 0.915. The molecule has 0 radical (unpaired) electrons. The van der Waals surface area contributed by atoms with E-state index < -0.39 is 0 Å². The van der Waals surface area contributed by atoms with Gasteiger partial charge in [0.05, 0.1) is 14.2 Å². The number of hydrogen-bond donors (Lipinski definition) is 1. The Morgan fingerprint density at radius 3 is 2.29 bits per heavy atom. The molecule has 0 saturated carbocycles. The molecule has 0 aliphatic heterocycles. The maximum Gasteiger partial charge on any atom is 0.123 e. The smallest absolute Gasteiger partial charge is 0.123 e. The monoisotopic (exact) mass is 309 g/mol. The second-order valence-electron chi connectivity index (χ2n) is 4.69. The first kappa shape index (κ1) is 15.6. The van der Waals surface area contributed by atoms with Gasteiger partial charge in [0, 0.05) is 17.1 Å². The first-order valence-corrected chi connectivity index (χ1v) is 6.83. The summed E-state index contributed by atoms with van der Waals surface area (Å²) in [7, 11) is 3.15. The maximum absolute atomic E-state index is 13.3. The number of halogens is 2. The Kier molecular flexibility index (Phi) is 5.04. The molecular formula is C16H17ClFNO2. The van der Waals surface area contributed by atoms with Crippen LogP contribution in [0.3, 0.4) is 0 Å². The van der Waals surface area contributed by atoms with E-state index >= 15 is 0 Å². The van der Waals surface area contributed by atoms with Crippen LogP contribution in [0.5, 0.6) is 11.5 Å². The summed E-state index contributed by atoms with van der Waals surface area (Å²) in [6.07, 6.45) is 0.424. The van der Waals surface area contributed by atoms with E-state index in [0.29, 0.717) is 28.5 Å². The summed E-state index contributed by atoms with van der Waals surface area (Å²) < 4.78 is 23.7. The fourth-order valence-electron chi connectivity index (χ4n) is 2.10. The van der Waals surface area contributed by atoms with Gasteiger partial charge in [-0.15, -0.1) is 0 Å². The van der Waals surface area contributed by atoms with Crippen LogP contribution in [-0.4, -0.2) is 14.2 Å². The standard InChI is InChI=1S/C16H17ClFNO2/c1-20-13-6-11(7-14(9-13)21-2)16(19)8-10-5-12(18)3-4-15(10)17/h3-7,9,16H,8,19H2,1-2H3. The molecule has 2 rings (SSSR count). The number of hydrogen-bond acceptors (Lipinski definition) is 3. The van der Waals surface area contributed by atoms with E-state index in [2.05, 4.69) is 0 Å². The molecule has 0 spiro atoms. The molecule has 0 aliphatic rings. The van der Waals surface area contributed by atoms with Gasteiger partial charge in [-0.25, -0.2) is 4.39 Å². The van der Waals surface area contributed by atoms with E-state index in [1.165, 1.54) is 18.2 Å². The van der Waals surface area contributed by atoms with Gasteiger partial charge in [0.15, 0.2) is 0 Å². The molecule has 0 fully saturated rings. The average molecular weight is 310 g/mol. The van der Waals surface area contributed by atoms with Crippen LogP contribution < -0.4 is 15.2 Å². The van der Waals surface area contributed by atoms with Crippen molar-refractivity contribution in [2.24, 2.45) is 5.73 Å². The first-order chi connectivity index (χ1) is 10.0. The summed E-state index contributed by atoms with van der Waals surface area (Å²) in [5.41, 5.74) is 7.71. The predicted octanol–water partition coefficient (Wildman–Crippen LogP) is 3.74. The molecule has 0 aliphatic carbocycles. The minimum Gasteiger partial charge on any atom is -0.497 e. The van der Waals surface area contributed by atoms with Gasteiger partial charge < -0.3 is 15.2 Å². The van der Waals surface area contributed by atoms with Crippen LogP contribution >= 0.6 is 11.6 Å². The van der Waals surface area contributed by atoms with Crippen LogP contribution in [0.25, 0.3) is 0 Å². The molecule has 0 amide bonds. The molecule has 21 heavy (non-hydrogen) atoms. The Morgan fingerprint density at radius 2 is 1.71 bits per heavy atom. The van der Waals surface area contributed by atoms with Gasteiger partial charge in [-0.3, -0.25) is 0 Å². The highest BCUT2D eigenvalue weighted by Gasteiger charge is 2.13. The SMILES string of the molecule is COc1cc(OC)cc(C(N)Cc2cc(F)ccc2Cl)c1. The van der Waals surface area contributed by atoms with Gasteiger partial charge in [0.2, 0.25) is 0 Å². The first-order valence-electron chi connectivity index (χ1n) is 6.46. The van der Waals surface area contributed by atoms with Crippen LogP contribution in [0, 0.1) is 5.82 Å². The lowest BCUT2D eigenvalue weighted by molar-refractivity contribution is 0.392. The topological polar surface area (TPSA) is 44.5 Å². The van der Waals surface area contributed by atoms with Crippen molar-refractivity contribution in [1.29, 1.82) is 0 Å². The zero-order valence-electron chi connectivity index (χ0n) is 11.9. The third-order valence-electron chi connectivity index (χ3n) is 3.25. The van der Waals surface area contributed by atoms with Crippen molar-refractivity contribution in [3.8, 4) is 11.5 Å². The molecule has 0 bridgehead atoms. The Labute approximate surface area is 128 Å². The summed E-state index contributed by atoms with van der Waals surface area (Å²) in [4.78, 5) is 0. The highest BCUT2D eigenvalue weighted by atomic mass is 35.5. The third kappa shape index (κ3) is 3.86. The Hall–Kier alpha value is -1.78. The van der Waals surface area contributed by atoms with Crippen molar-refractivity contribution in [2.45, 2.75) is 12.5 Å². The van der Waals surface area contributed by atoms with Crippen molar-refractivity contribution < 1.29 is 13.9 Å². The third-order valence-corrected chi connectivity index (χ3v) is 3.62. The Balaban J connectivity index is 2.27. The predicted molar refractivity (Wildman–Crippen MR) is 81.6 cm³/mol. The van der Waals surface area contributed by atoms with Gasteiger partial charge in [-0.05, 0) is 47.9 Å². The molecule has 5 heteroatoms. The van der Waals surface area contributed by atoms with Crippen molar-refractivity contribution in [1.82, 2.24) is 0 Å². The molecule has 112 valence electrons. The Morgan fingerprint density at radius 1 is 1.10 bits per heavy atom. The van der Waals surface area contributed by atoms with Crippen LogP contribution in [0.2, 0.25) is 5.02 Å². The molecule has 2 aromatic rings. The highest BCUT2D eigenvalue weighted by molar-refractivity contribution is 6.31. The van der Waals surface area contributed by atoms with Crippen LogP contribution in [0.15, 0.2) is 36.4 Å².